The van der Waals surface area contributed by atoms with Crippen LogP contribution in [0.2, 0.25) is 0 Å². The standard InChI is InChI=1S/C18H28N2O5/c1-7-25-10-8-9-20(14(5)21)13(4)17(22)15-11(2)16(18(23)24-6)19-12(15)3/h13,19H,7-10H2,1-6H3/t13-/m0/s1. The number of aromatic amines is 1. The predicted molar refractivity (Wildman–Crippen MR) is 93.9 cm³/mol. The van der Waals surface area contributed by atoms with E-state index in [9.17, 15) is 14.4 Å². The number of methoxy groups -OCH3 is 1. The monoisotopic (exact) mass is 352 g/mol. The average Bonchev–Trinajstić information content (AvgIpc) is 2.87. The van der Waals surface area contributed by atoms with E-state index in [1.807, 2.05) is 6.92 Å². The second kappa shape index (κ2) is 9.36. The van der Waals surface area contributed by atoms with E-state index in [4.69, 9.17) is 9.47 Å². The zero-order valence-electron chi connectivity index (χ0n) is 15.9. The molecule has 1 heterocycles. The van der Waals surface area contributed by atoms with Gasteiger partial charge in [0.2, 0.25) is 5.91 Å². The molecule has 1 N–H and O–H groups in total. The Balaban J connectivity index is 3.01. The summed E-state index contributed by atoms with van der Waals surface area (Å²) >= 11 is 0. The summed E-state index contributed by atoms with van der Waals surface area (Å²) in [6.07, 6.45) is 0.656. The highest BCUT2D eigenvalue weighted by atomic mass is 16.5. The number of carbonyl (C=O) groups excluding carboxylic acids is 3. The molecule has 1 amide bonds. The number of H-pyrrole nitrogens is 1. The molecular formula is C18H28N2O5. The largest absolute Gasteiger partial charge is 0.464 e. The number of carbonyl (C=O) groups is 3. The molecule has 0 aromatic carbocycles. The van der Waals surface area contributed by atoms with Crippen molar-refractivity contribution in [2.24, 2.45) is 0 Å². The Morgan fingerprint density at radius 3 is 2.40 bits per heavy atom. The fourth-order valence-electron chi connectivity index (χ4n) is 2.88. The fraction of sp³-hybridized carbons (Fsp3) is 0.611. The lowest BCUT2D eigenvalue weighted by atomic mass is 9.99. The molecule has 7 heteroatoms. The van der Waals surface area contributed by atoms with Gasteiger partial charge >= 0.3 is 5.97 Å². The fourth-order valence-corrected chi connectivity index (χ4v) is 2.88. The van der Waals surface area contributed by atoms with Gasteiger partial charge in [0.1, 0.15) is 5.69 Å². The van der Waals surface area contributed by atoms with Gasteiger partial charge in [0.25, 0.3) is 0 Å². The van der Waals surface area contributed by atoms with E-state index in [0.717, 1.165) is 0 Å². The van der Waals surface area contributed by atoms with Crippen LogP contribution in [0.3, 0.4) is 0 Å². The molecule has 0 aliphatic heterocycles. The summed E-state index contributed by atoms with van der Waals surface area (Å²) < 4.78 is 10.0. The summed E-state index contributed by atoms with van der Waals surface area (Å²) in [5, 5.41) is 0. The van der Waals surface area contributed by atoms with Crippen LogP contribution in [0.5, 0.6) is 0 Å². The van der Waals surface area contributed by atoms with Gasteiger partial charge in [0.05, 0.1) is 13.2 Å². The highest BCUT2D eigenvalue weighted by molar-refractivity contribution is 6.06. The Morgan fingerprint density at radius 1 is 1.24 bits per heavy atom. The van der Waals surface area contributed by atoms with Crippen molar-refractivity contribution in [1.29, 1.82) is 0 Å². The van der Waals surface area contributed by atoms with Crippen LogP contribution < -0.4 is 0 Å². The van der Waals surface area contributed by atoms with Crippen LogP contribution in [-0.2, 0) is 14.3 Å². The SMILES string of the molecule is CCOCCCN(C(C)=O)[C@@H](C)C(=O)c1c(C)[nH]c(C(=O)OC)c1C. The molecule has 0 bridgehead atoms. The minimum Gasteiger partial charge on any atom is -0.464 e. The molecule has 0 unspecified atom stereocenters. The van der Waals surface area contributed by atoms with Crippen molar-refractivity contribution in [2.45, 2.75) is 47.1 Å². The van der Waals surface area contributed by atoms with E-state index in [2.05, 4.69) is 4.98 Å². The van der Waals surface area contributed by atoms with E-state index in [1.165, 1.54) is 18.9 Å². The summed E-state index contributed by atoms with van der Waals surface area (Å²) in [6.45, 7) is 10.1. The van der Waals surface area contributed by atoms with Gasteiger partial charge in [-0.2, -0.15) is 0 Å². The van der Waals surface area contributed by atoms with Crippen LogP contribution in [-0.4, -0.2) is 60.5 Å². The zero-order valence-corrected chi connectivity index (χ0v) is 15.9. The zero-order chi connectivity index (χ0) is 19.1. The number of aryl methyl sites for hydroxylation is 1. The Kier molecular flexibility index (Phi) is 7.83. The van der Waals surface area contributed by atoms with Crippen LogP contribution >= 0.6 is 0 Å². The highest BCUT2D eigenvalue weighted by Gasteiger charge is 2.29. The molecule has 1 rings (SSSR count). The molecule has 0 aliphatic rings. The summed E-state index contributed by atoms with van der Waals surface area (Å²) in [4.78, 5) is 41.1. The molecule has 1 aromatic rings. The van der Waals surface area contributed by atoms with Crippen molar-refractivity contribution < 1.29 is 23.9 Å². The summed E-state index contributed by atoms with van der Waals surface area (Å²) in [5.74, 6) is -0.892. The lowest BCUT2D eigenvalue weighted by Gasteiger charge is -2.27. The van der Waals surface area contributed by atoms with Gasteiger partial charge in [-0.05, 0) is 39.7 Å². The third-order valence-electron chi connectivity index (χ3n) is 4.22. The number of nitrogens with zero attached hydrogens (tertiary/aromatic N) is 1. The molecule has 0 aliphatic carbocycles. The second-order valence-corrected chi connectivity index (χ2v) is 5.92. The molecule has 7 nitrogen and oxygen atoms in total. The van der Waals surface area contributed by atoms with Crippen molar-refractivity contribution in [3.63, 3.8) is 0 Å². The number of aromatic nitrogens is 1. The van der Waals surface area contributed by atoms with Gasteiger partial charge in [-0.1, -0.05) is 0 Å². The second-order valence-electron chi connectivity index (χ2n) is 5.92. The predicted octanol–water partition coefficient (Wildman–Crippen LogP) is 2.26. The summed E-state index contributed by atoms with van der Waals surface area (Å²) in [5.41, 5.74) is 1.83. The number of amides is 1. The highest BCUT2D eigenvalue weighted by Crippen LogP contribution is 2.22. The Hall–Kier alpha value is -2.15. The normalized spacial score (nSPS) is 11.9. The molecular weight excluding hydrogens is 324 g/mol. The number of rotatable bonds is 9. The lowest BCUT2D eigenvalue weighted by Crippen LogP contribution is -2.43. The lowest BCUT2D eigenvalue weighted by molar-refractivity contribution is -0.130. The topological polar surface area (TPSA) is 88.7 Å². The molecule has 0 spiro atoms. The molecule has 1 aromatic heterocycles. The van der Waals surface area contributed by atoms with Crippen LogP contribution in [0.15, 0.2) is 0 Å². The summed E-state index contributed by atoms with van der Waals surface area (Å²) in [6, 6.07) is -0.627. The van der Waals surface area contributed by atoms with Gasteiger partial charge in [0.15, 0.2) is 5.78 Å². The first-order chi connectivity index (χ1) is 11.8. The third-order valence-corrected chi connectivity index (χ3v) is 4.22. The van der Waals surface area contributed by atoms with Gasteiger partial charge in [-0.15, -0.1) is 0 Å². The first-order valence-electron chi connectivity index (χ1n) is 8.42. The van der Waals surface area contributed by atoms with Crippen LogP contribution in [0.4, 0.5) is 0 Å². The minimum absolute atomic E-state index is 0.170. The van der Waals surface area contributed by atoms with Crippen molar-refractivity contribution in [2.75, 3.05) is 26.9 Å². The van der Waals surface area contributed by atoms with Crippen molar-refractivity contribution in [1.82, 2.24) is 9.88 Å². The molecule has 140 valence electrons. The van der Waals surface area contributed by atoms with E-state index in [0.29, 0.717) is 43.0 Å². The Labute approximate surface area is 148 Å². The average molecular weight is 352 g/mol. The van der Waals surface area contributed by atoms with Gasteiger partial charge < -0.3 is 19.4 Å². The molecule has 0 saturated carbocycles. The molecule has 0 fully saturated rings. The minimum atomic E-state index is -0.627. The number of esters is 1. The van der Waals surface area contributed by atoms with E-state index < -0.39 is 12.0 Å². The Bertz CT molecular complexity index is 636. The molecule has 0 radical (unpaired) electrons. The van der Waals surface area contributed by atoms with Crippen LogP contribution in [0.1, 0.15) is 59.3 Å². The first kappa shape index (κ1) is 20.9. The van der Waals surface area contributed by atoms with Crippen LogP contribution in [0, 0.1) is 13.8 Å². The third kappa shape index (κ3) is 4.92. The summed E-state index contributed by atoms with van der Waals surface area (Å²) in [7, 11) is 1.29. The maximum absolute atomic E-state index is 12.9. The first-order valence-corrected chi connectivity index (χ1v) is 8.42. The number of nitrogens with one attached hydrogen (secondary N) is 1. The number of hydrogen-bond donors (Lipinski definition) is 1. The molecule has 0 saturated heterocycles. The number of Topliss-reactive ketones (excluding diaryl/α,β-unsaturated/α-hetero) is 1. The molecule has 25 heavy (non-hydrogen) atoms. The van der Waals surface area contributed by atoms with E-state index >= 15 is 0 Å². The Morgan fingerprint density at radius 2 is 1.88 bits per heavy atom. The maximum Gasteiger partial charge on any atom is 0.354 e. The number of ketones is 1. The number of ether oxygens (including phenoxy) is 2. The number of hydrogen-bond acceptors (Lipinski definition) is 5. The smallest absolute Gasteiger partial charge is 0.354 e. The van der Waals surface area contributed by atoms with Crippen molar-refractivity contribution in [3.05, 3.63) is 22.5 Å². The van der Waals surface area contributed by atoms with Crippen molar-refractivity contribution in [3.8, 4) is 0 Å². The quantitative estimate of drug-likeness (QED) is 0.418. The van der Waals surface area contributed by atoms with Gasteiger partial charge in [-0.25, -0.2) is 4.79 Å². The van der Waals surface area contributed by atoms with Gasteiger partial charge in [0, 0.05) is 37.9 Å². The van der Waals surface area contributed by atoms with E-state index in [1.54, 1.807) is 20.8 Å². The van der Waals surface area contributed by atoms with Crippen molar-refractivity contribution >= 4 is 17.7 Å². The van der Waals surface area contributed by atoms with E-state index in [-0.39, 0.29) is 17.4 Å². The molecule has 1 atom stereocenters. The van der Waals surface area contributed by atoms with Crippen LogP contribution in [0.25, 0.3) is 0 Å². The maximum atomic E-state index is 12.9. The van der Waals surface area contributed by atoms with Gasteiger partial charge in [-0.3, -0.25) is 9.59 Å².